The Hall–Kier alpha value is -1.39. The van der Waals surface area contributed by atoms with Crippen LogP contribution in [0.1, 0.15) is 17.0 Å². The molecule has 0 saturated heterocycles. The number of benzene rings is 2. The normalized spacial score (nSPS) is 12.2. The van der Waals surface area contributed by atoms with E-state index >= 15 is 0 Å². The Kier molecular flexibility index (Phi) is 5.76. The van der Waals surface area contributed by atoms with Gasteiger partial charge in [-0.25, -0.2) is 4.39 Å². The van der Waals surface area contributed by atoms with Gasteiger partial charge in [-0.05, 0) is 64.8 Å². The van der Waals surface area contributed by atoms with E-state index in [0.29, 0.717) is 0 Å². The zero-order valence-corrected chi connectivity index (χ0v) is 13.8. The summed E-state index contributed by atoms with van der Waals surface area (Å²) in [5.41, 5.74) is 2.20. The molecule has 2 aromatic carbocycles. The minimum absolute atomic E-state index is 0.190. The van der Waals surface area contributed by atoms with Crippen LogP contribution in [0.2, 0.25) is 0 Å². The molecule has 2 nitrogen and oxygen atoms in total. The second-order valence-electron chi connectivity index (χ2n) is 4.98. The standard InChI is InChI=1S/C17H19BrFNO/c1-20-11-14(13-4-3-5-15(19)10-13)8-12-6-7-17(21-2)16(18)9-12/h3-7,9-10,14,20H,8,11H2,1-2H3. The van der Waals surface area contributed by atoms with Crippen LogP contribution in [0.5, 0.6) is 5.75 Å². The SMILES string of the molecule is CNCC(Cc1ccc(OC)c(Br)c1)c1cccc(F)c1. The number of methoxy groups -OCH3 is 1. The van der Waals surface area contributed by atoms with Gasteiger partial charge >= 0.3 is 0 Å². The first kappa shape index (κ1) is 16.0. The second kappa shape index (κ2) is 7.57. The van der Waals surface area contributed by atoms with Gasteiger partial charge in [0.05, 0.1) is 11.6 Å². The van der Waals surface area contributed by atoms with Crippen molar-refractivity contribution in [3.63, 3.8) is 0 Å². The van der Waals surface area contributed by atoms with Crippen LogP contribution in [-0.4, -0.2) is 20.7 Å². The molecule has 0 aliphatic carbocycles. The molecule has 0 amide bonds. The van der Waals surface area contributed by atoms with Gasteiger partial charge in [0.2, 0.25) is 0 Å². The maximum Gasteiger partial charge on any atom is 0.133 e. The van der Waals surface area contributed by atoms with E-state index in [1.54, 1.807) is 19.2 Å². The van der Waals surface area contributed by atoms with Gasteiger partial charge in [-0.15, -0.1) is 0 Å². The zero-order valence-electron chi connectivity index (χ0n) is 12.2. The van der Waals surface area contributed by atoms with Crippen molar-refractivity contribution >= 4 is 15.9 Å². The molecule has 2 rings (SSSR count). The van der Waals surface area contributed by atoms with Crippen LogP contribution < -0.4 is 10.1 Å². The molecule has 4 heteroatoms. The van der Waals surface area contributed by atoms with Crippen molar-refractivity contribution < 1.29 is 9.13 Å². The molecular weight excluding hydrogens is 333 g/mol. The van der Waals surface area contributed by atoms with Gasteiger partial charge < -0.3 is 10.1 Å². The summed E-state index contributed by atoms with van der Waals surface area (Å²) in [6, 6.07) is 12.9. The van der Waals surface area contributed by atoms with E-state index in [2.05, 4.69) is 27.3 Å². The lowest BCUT2D eigenvalue weighted by Crippen LogP contribution is -2.19. The molecule has 1 atom stereocenters. The molecule has 0 aliphatic rings. The summed E-state index contributed by atoms with van der Waals surface area (Å²) in [5.74, 6) is 0.852. The fraction of sp³-hybridized carbons (Fsp3) is 0.294. The van der Waals surface area contributed by atoms with Crippen molar-refractivity contribution in [1.82, 2.24) is 5.32 Å². The summed E-state index contributed by atoms with van der Waals surface area (Å²) >= 11 is 3.50. The van der Waals surface area contributed by atoms with E-state index in [1.807, 2.05) is 25.2 Å². The first-order chi connectivity index (χ1) is 10.1. The smallest absolute Gasteiger partial charge is 0.133 e. The number of likely N-dealkylation sites (N-methyl/N-ethyl adjacent to an activating group) is 1. The summed E-state index contributed by atoms with van der Waals surface area (Å²) in [6.07, 6.45) is 0.840. The Bertz CT molecular complexity index is 603. The highest BCUT2D eigenvalue weighted by atomic mass is 79.9. The second-order valence-corrected chi connectivity index (χ2v) is 5.84. The highest BCUT2D eigenvalue weighted by Gasteiger charge is 2.13. The van der Waals surface area contributed by atoms with E-state index in [0.717, 1.165) is 28.8 Å². The maximum atomic E-state index is 13.4. The number of hydrogen-bond acceptors (Lipinski definition) is 2. The van der Waals surface area contributed by atoms with Crippen LogP contribution in [0.25, 0.3) is 0 Å². The molecule has 0 aliphatic heterocycles. The molecule has 21 heavy (non-hydrogen) atoms. The lowest BCUT2D eigenvalue weighted by Gasteiger charge is -2.18. The third-order valence-corrected chi connectivity index (χ3v) is 4.09. The average molecular weight is 352 g/mol. The molecule has 0 bridgehead atoms. The Morgan fingerprint density at radius 2 is 2.05 bits per heavy atom. The van der Waals surface area contributed by atoms with Crippen molar-refractivity contribution in [2.75, 3.05) is 20.7 Å². The Morgan fingerprint density at radius 1 is 1.24 bits per heavy atom. The predicted molar refractivity (Wildman–Crippen MR) is 87.5 cm³/mol. The van der Waals surface area contributed by atoms with E-state index < -0.39 is 0 Å². The van der Waals surface area contributed by atoms with Crippen LogP contribution >= 0.6 is 15.9 Å². The van der Waals surface area contributed by atoms with E-state index in [-0.39, 0.29) is 11.7 Å². The minimum atomic E-state index is -0.190. The Labute approximate surface area is 133 Å². The molecule has 2 aromatic rings. The van der Waals surface area contributed by atoms with Gasteiger partial charge in [0.15, 0.2) is 0 Å². The number of ether oxygens (including phenoxy) is 1. The van der Waals surface area contributed by atoms with Gasteiger partial charge in [-0.2, -0.15) is 0 Å². The minimum Gasteiger partial charge on any atom is -0.496 e. The lowest BCUT2D eigenvalue weighted by atomic mass is 9.92. The largest absolute Gasteiger partial charge is 0.496 e. The molecule has 1 unspecified atom stereocenters. The van der Waals surface area contributed by atoms with Crippen molar-refractivity contribution in [2.24, 2.45) is 0 Å². The fourth-order valence-corrected chi connectivity index (χ4v) is 3.02. The summed E-state index contributed by atoms with van der Waals surface area (Å²) < 4.78 is 19.6. The summed E-state index contributed by atoms with van der Waals surface area (Å²) in [7, 11) is 3.56. The number of rotatable bonds is 6. The van der Waals surface area contributed by atoms with Crippen molar-refractivity contribution in [3.8, 4) is 5.75 Å². The monoisotopic (exact) mass is 351 g/mol. The maximum absolute atomic E-state index is 13.4. The zero-order chi connectivity index (χ0) is 15.2. The van der Waals surface area contributed by atoms with Gasteiger partial charge in [0.25, 0.3) is 0 Å². The molecule has 1 N–H and O–H groups in total. The van der Waals surface area contributed by atoms with Crippen LogP contribution in [0.15, 0.2) is 46.9 Å². The van der Waals surface area contributed by atoms with Crippen molar-refractivity contribution in [1.29, 1.82) is 0 Å². The van der Waals surface area contributed by atoms with Crippen LogP contribution in [0.4, 0.5) is 4.39 Å². The molecular formula is C17H19BrFNO. The fourth-order valence-electron chi connectivity index (χ4n) is 2.44. The predicted octanol–water partition coefficient (Wildman–Crippen LogP) is 4.14. The third-order valence-electron chi connectivity index (χ3n) is 3.47. The summed E-state index contributed by atoms with van der Waals surface area (Å²) in [6.45, 7) is 0.799. The van der Waals surface area contributed by atoms with Gasteiger partial charge in [-0.1, -0.05) is 18.2 Å². The molecule has 0 radical (unpaired) electrons. The summed E-state index contributed by atoms with van der Waals surface area (Å²) in [5, 5.41) is 3.18. The van der Waals surface area contributed by atoms with Crippen LogP contribution in [-0.2, 0) is 6.42 Å². The topological polar surface area (TPSA) is 21.3 Å². The molecule has 0 saturated carbocycles. The van der Waals surface area contributed by atoms with E-state index in [4.69, 9.17) is 4.74 Å². The van der Waals surface area contributed by atoms with Crippen LogP contribution in [0, 0.1) is 5.82 Å². The van der Waals surface area contributed by atoms with Gasteiger partial charge in [-0.3, -0.25) is 0 Å². The van der Waals surface area contributed by atoms with Crippen LogP contribution in [0.3, 0.4) is 0 Å². The highest BCUT2D eigenvalue weighted by molar-refractivity contribution is 9.10. The molecule has 0 spiro atoms. The quantitative estimate of drug-likeness (QED) is 0.844. The number of halogens is 2. The van der Waals surface area contributed by atoms with E-state index in [9.17, 15) is 4.39 Å². The number of nitrogens with one attached hydrogen (secondary N) is 1. The number of hydrogen-bond donors (Lipinski definition) is 1. The van der Waals surface area contributed by atoms with Gasteiger partial charge in [0, 0.05) is 12.5 Å². The Balaban J connectivity index is 2.22. The summed E-state index contributed by atoms with van der Waals surface area (Å²) in [4.78, 5) is 0. The molecule has 0 heterocycles. The highest BCUT2D eigenvalue weighted by Crippen LogP contribution is 2.28. The molecule has 0 aromatic heterocycles. The molecule has 112 valence electrons. The Morgan fingerprint density at radius 3 is 2.67 bits per heavy atom. The first-order valence-electron chi connectivity index (χ1n) is 6.86. The first-order valence-corrected chi connectivity index (χ1v) is 7.66. The molecule has 0 fully saturated rings. The average Bonchev–Trinajstić information content (AvgIpc) is 2.47. The van der Waals surface area contributed by atoms with Crippen molar-refractivity contribution in [3.05, 3.63) is 63.9 Å². The van der Waals surface area contributed by atoms with Gasteiger partial charge in [0.1, 0.15) is 11.6 Å². The van der Waals surface area contributed by atoms with E-state index in [1.165, 1.54) is 11.6 Å². The third kappa shape index (κ3) is 4.29. The van der Waals surface area contributed by atoms with Crippen molar-refractivity contribution in [2.45, 2.75) is 12.3 Å². The lowest BCUT2D eigenvalue weighted by molar-refractivity contribution is 0.412.